The van der Waals surface area contributed by atoms with Crippen LogP contribution in [0.4, 0.5) is 13.2 Å². The molecule has 0 bridgehead atoms. The van der Waals surface area contributed by atoms with Crippen LogP contribution < -0.4 is 5.73 Å². The third-order valence-electron chi connectivity index (χ3n) is 2.40. The summed E-state index contributed by atoms with van der Waals surface area (Å²) in [6.45, 7) is 2.42. The summed E-state index contributed by atoms with van der Waals surface area (Å²) in [5.74, 6) is -4.67. The molecule has 0 aliphatic rings. The maximum Gasteiger partial charge on any atom is 0.301 e. The van der Waals surface area contributed by atoms with Crippen LogP contribution >= 0.6 is 0 Å². The Morgan fingerprint density at radius 1 is 1.31 bits per heavy atom. The minimum absolute atomic E-state index is 0.0119. The summed E-state index contributed by atoms with van der Waals surface area (Å²) in [6.07, 6.45) is -1.95. The van der Waals surface area contributed by atoms with Crippen LogP contribution in [0.15, 0.2) is 18.2 Å². The third kappa shape index (κ3) is 2.20. The van der Waals surface area contributed by atoms with E-state index in [1.807, 2.05) is 0 Å². The van der Waals surface area contributed by atoms with Crippen molar-refractivity contribution in [1.82, 2.24) is 0 Å². The van der Waals surface area contributed by atoms with E-state index in [0.29, 0.717) is 0 Å². The Kier molecular flexibility index (Phi) is 3.60. The predicted octanol–water partition coefficient (Wildman–Crippen LogP) is 2.32. The molecule has 0 amide bonds. The largest absolute Gasteiger partial charge is 0.387 e. The molecule has 1 aromatic carbocycles. The van der Waals surface area contributed by atoms with Crippen LogP contribution in [0.2, 0.25) is 0 Å². The van der Waals surface area contributed by atoms with Crippen molar-refractivity contribution in [2.75, 3.05) is 0 Å². The van der Waals surface area contributed by atoms with E-state index in [9.17, 15) is 13.2 Å². The number of hydrogen-bond donors (Lipinski definition) is 2. The summed E-state index contributed by atoms with van der Waals surface area (Å²) in [5.41, 5.74) is 4.65. The van der Waals surface area contributed by atoms with Gasteiger partial charge in [-0.2, -0.15) is 8.78 Å². The van der Waals surface area contributed by atoms with Gasteiger partial charge in [-0.05, 0) is 19.9 Å². The molecule has 1 rings (SSSR count). The van der Waals surface area contributed by atoms with Crippen molar-refractivity contribution in [3.8, 4) is 0 Å². The Morgan fingerprint density at radius 3 is 2.31 bits per heavy atom. The molecule has 0 fully saturated rings. The molecule has 0 saturated carbocycles. The van der Waals surface area contributed by atoms with Gasteiger partial charge in [0.25, 0.3) is 0 Å². The fourth-order valence-electron chi connectivity index (χ4n) is 1.38. The van der Waals surface area contributed by atoms with E-state index in [4.69, 9.17) is 10.8 Å². The Labute approximate surface area is 91.9 Å². The number of rotatable bonds is 3. The number of halogens is 3. The number of hydrogen-bond acceptors (Lipinski definition) is 2. The van der Waals surface area contributed by atoms with Crippen LogP contribution in [0, 0.1) is 5.82 Å². The lowest BCUT2D eigenvalue weighted by Crippen LogP contribution is -2.29. The van der Waals surface area contributed by atoms with Crippen molar-refractivity contribution < 1.29 is 18.3 Å². The topological polar surface area (TPSA) is 46.2 Å². The van der Waals surface area contributed by atoms with E-state index < -0.39 is 29.4 Å². The van der Waals surface area contributed by atoms with E-state index in [1.54, 1.807) is 0 Å². The fraction of sp³-hybridized carbons (Fsp3) is 0.455. The predicted molar refractivity (Wildman–Crippen MR) is 54.6 cm³/mol. The minimum atomic E-state index is -3.62. The van der Waals surface area contributed by atoms with Gasteiger partial charge in [0, 0.05) is 11.6 Å². The molecule has 2 nitrogen and oxygen atoms in total. The van der Waals surface area contributed by atoms with Gasteiger partial charge in [0.05, 0.1) is 5.56 Å². The quantitative estimate of drug-likeness (QED) is 0.841. The van der Waals surface area contributed by atoms with Crippen molar-refractivity contribution in [3.05, 3.63) is 35.1 Å². The third-order valence-corrected chi connectivity index (χ3v) is 2.40. The standard InChI is InChI=1S/C11H14F3NO/c1-6(15)8-4-3-5-9(10(8)12)11(13,14)7(2)16/h3-7,16H,15H2,1-2H3. The molecule has 0 saturated heterocycles. The van der Waals surface area contributed by atoms with Gasteiger partial charge < -0.3 is 10.8 Å². The molecule has 5 heteroatoms. The maximum atomic E-state index is 13.7. The zero-order chi connectivity index (χ0) is 12.5. The molecule has 2 unspecified atom stereocenters. The Balaban J connectivity index is 3.31. The summed E-state index contributed by atoms with van der Waals surface area (Å²) in [5, 5.41) is 8.94. The van der Waals surface area contributed by atoms with Gasteiger partial charge in [-0.3, -0.25) is 0 Å². The Morgan fingerprint density at radius 2 is 1.88 bits per heavy atom. The van der Waals surface area contributed by atoms with E-state index >= 15 is 0 Å². The summed E-state index contributed by atoms with van der Waals surface area (Å²) >= 11 is 0. The summed E-state index contributed by atoms with van der Waals surface area (Å²) in [7, 11) is 0. The van der Waals surface area contributed by atoms with E-state index in [2.05, 4.69) is 0 Å². The molecule has 3 N–H and O–H groups in total. The lowest BCUT2D eigenvalue weighted by atomic mass is 9.98. The van der Waals surface area contributed by atoms with Gasteiger partial charge in [0.15, 0.2) is 0 Å². The van der Waals surface area contributed by atoms with Crippen LogP contribution in [-0.4, -0.2) is 11.2 Å². The maximum absolute atomic E-state index is 13.7. The van der Waals surface area contributed by atoms with Crippen molar-refractivity contribution in [3.63, 3.8) is 0 Å². The average molecular weight is 233 g/mol. The monoisotopic (exact) mass is 233 g/mol. The minimum Gasteiger partial charge on any atom is -0.387 e. The normalized spacial score (nSPS) is 15.9. The highest BCUT2D eigenvalue weighted by molar-refractivity contribution is 5.31. The SMILES string of the molecule is CC(N)c1cccc(C(F)(F)C(C)O)c1F. The lowest BCUT2D eigenvalue weighted by Gasteiger charge is -2.21. The number of aliphatic hydroxyl groups is 1. The highest BCUT2D eigenvalue weighted by atomic mass is 19.3. The van der Waals surface area contributed by atoms with Crippen molar-refractivity contribution in [2.24, 2.45) is 5.73 Å². The first kappa shape index (κ1) is 13.0. The first-order chi connectivity index (χ1) is 7.28. The molecular formula is C11H14F3NO. The molecule has 0 heterocycles. The number of benzene rings is 1. The second-order valence-corrected chi connectivity index (χ2v) is 3.80. The van der Waals surface area contributed by atoms with Gasteiger partial charge in [-0.1, -0.05) is 12.1 Å². The molecule has 90 valence electrons. The first-order valence-electron chi connectivity index (χ1n) is 4.88. The second kappa shape index (κ2) is 4.43. The van der Waals surface area contributed by atoms with Crippen molar-refractivity contribution >= 4 is 0 Å². The fourth-order valence-corrected chi connectivity index (χ4v) is 1.38. The summed E-state index contributed by atoms with van der Waals surface area (Å²) < 4.78 is 40.6. The lowest BCUT2D eigenvalue weighted by molar-refractivity contribution is -0.108. The number of alkyl halides is 2. The number of nitrogens with two attached hydrogens (primary N) is 1. The van der Waals surface area contributed by atoms with E-state index in [1.165, 1.54) is 19.1 Å². The molecule has 16 heavy (non-hydrogen) atoms. The zero-order valence-corrected chi connectivity index (χ0v) is 9.05. The first-order valence-corrected chi connectivity index (χ1v) is 4.88. The van der Waals surface area contributed by atoms with Crippen molar-refractivity contribution in [2.45, 2.75) is 31.9 Å². The van der Waals surface area contributed by atoms with Crippen LogP contribution in [-0.2, 0) is 5.92 Å². The van der Waals surface area contributed by atoms with E-state index in [0.717, 1.165) is 13.0 Å². The van der Waals surface area contributed by atoms with E-state index in [-0.39, 0.29) is 5.56 Å². The summed E-state index contributed by atoms with van der Waals surface area (Å²) in [6, 6.07) is 2.92. The molecular weight excluding hydrogens is 219 g/mol. The molecule has 1 aromatic rings. The van der Waals surface area contributed by atoms with Gasteiger partial charge in [-0.15, -0.1) is 0 Å². The average Bonchev–Trinajstić information content (AvgIpc) is 2.16. The highest BCUT2D eigenvalue weighted by Crippen LogP contribution is 2.35. The molecule has 0 spiro atoms. The Bertz CT molecular complexity index is 377. The van der Waals surface area contributed by atoms with Gasteiger partial charge >= 0.3 is 5.92 Å². The van der Waals surface area contributed by atoms with Crippen molar-refractivity contribution in [1.29, 1.82) is 0 Å². The molecule has 0 radical (unpaired) electrons. The van der Waals surface area contributed by atoms with Crippen LogP contribution in [0.5, 0.6) is 0 Å². The molecule has 0 aliphatic carbocycles. The van der Waals surface area contributed by atoms with Gasteiger partial charge in [0.2, 0.25) is 0 Å². The number of aliphatic hydroxyl groups excluding tert-OH is 1. The van der Waals surface area contributed by atoms with Gasteiger partial charge in [0.1, 0.15) is 11.9 Å². The van der Waals surface area contributed by atoms with Crippen LogP contribution in [0.3, 0.4) is 0 Å². The molecule has 0 aromatic heterocycles. The highest BCUT2D eigenvalue weighted by Gasteiger charge is 2.40. The summed E-state index contributed by atoms with van der Waals surface area (Å²) in [4.78, 5) is 0. The smallest absolute Gasteiger partial charge is 0.301 e. The van der Waals surface area contributed by atoms with Crippen LogP contribution in [0.1, 0.15) is 31.0 Å². The second-order valence-electron chi connectivity index (χ2n) is 3.80. The Hall–Kier alpha value is -1.07. The van der Waals surface area contributed by atoms with Crippen LogP contribution in [0.25, 0.3) is 0 Å². The molecule has 2 atom stereocenters. The zero-order valence-electron chi connectivity index (χ0n) is 9.05. The van der Waals surface area contributed by atoms with Gasteiger partial charge in [-0.25, -0.2) is 4.39 Å². The molecule has 0 aliphatic heterocycles.